The summed E-state index contributed by atoms with van der Waals surface area (Å²) in [6.45, 7) is 0. The fraction of sp³-hybridized carbons (Fsp3) is 0.500. The SMILES string of the molecule is COP(=O)(OC)C1=C(Cl)C(=O)OC1Cl. The smallest absolute Gasteiger partial charge is 0.363 e. The maximum absolute atomic E-state index is 11.8. The van der Waals surface area contributed by atoms with E-state index in [1.165, 1.54) is 0 Å². The van der Waals surface area contributed by atoms with Crippen LogP contribution in [0.2, 0.25) is 0 Å². The summed E-state index contributed by atoms with van der Waals surface area (Å²) >= 11 is 11.1. The van der Waals surface area contributed by atoms with Crippen LogP contribution in [0.5, 0.6) is 0 Å². The summed E-state index contributed by atoms with van der Waals surface area (Å²) in [6, 6.07) is 0. The second-order valence-electron chi connectivity index (χ2n) is 2.28. The summed E-state index contributed by atoms with van der Waals surface area (Å²) in [5.41, 5.74) is -1.21. The molecule has 1 aliphatic rings. The number of carbonyl (C=O) groups excluding carboxylic acids is 1. The molecule has 1 aliphatic heterocycles. The van der Waals surface area contributed by atoms with Crippen LogP contribution in [0.3, 0.4) is 0 Å². The Bertz CT molecular complexity index is 331. The van der Waals surface area contributed by atoms with Crippen LogP contribution in [-0.4, -0.2) is 25.8 Å². The minimum Gasteiger partial charge on any atom is -0.437 e. The predicted molar refractivity (Wildman–Crippen MR) is 50.2 cm³/mol. The highest BCUT2D eigenvalue weighted by atomic mass is 35.5. The Morgan fingerprint density at radius 3 is 2.21 bits per heavy atom. The molecule has 1 rings (SSSR count). The van der Waals surface area contributed by atoms with E-state index in [1.54, 1.807) is 0 Å². The predicted octanol–water partition coefficient (Wildman–Crippen LogP) is 2.04. The summed E-state index contributed by atoms with van der Waals surface area (Å²) in [5, 5.41) is -0.507. The molecule has 0 aromatic carbocycles. The lowest BCUT2D eigenvalue weighted by Crippen LogP contribution is -2.04. The molecule has 0 saturated heterocycles. The van der Waals surface area contributed by atoms with Crippen LogP contribution in [0.1, 0.15) is 0 Å². The van der Waals surface area contributed by atoms with Crippen molar-refractivity contribution in [2.75, 3.05) is 14.2 Å². The minimum absolute atomic E-state index is 0.157. The molecule has 1 heterocycles. The lowest BCUT2D eigenvalue weighted by atomic mass is 10.5. The molecule has 0 aromatic heterocycles. The molecule has 0 spiro atoms. The maximum atomic E-state index is 11.8. The lowest BCUT2D eigenvalue weighted by Gasteiger charge is -2.15. The summed E-state index contributed by atoms with van der Waals surface area (Å²) < 4.78 is 25.6. The fourth-order valence-corrected chi connectivity index (χ4v) is 3.16. The third-order valence-corrected chi connectivity index (χ3v) is 4.56. The zero-order valence-electron chi connectivity index (χ0n) is 7.32. The molecule has 0 aromatic rings. The molecule has 80 valence electrons. The summed E-state index contributed by atoms with van der Waals surface area (Å²) in [7, 11) is -1.29. The Hall–Kier alpha value is -0.0600. The lowest BCUT2D eigenvalue weighted by molar-refractivity contribution is -0.136. The van der Waals surface area contributed by atoms with Crippen molar-refractivity contribution < 1.29 is 23.1 Å². The van der Waals surface area contributed by atoms with Gasteiger partial charge >= 0.3 is 13.6 Å². The minimum atomic E-state index is -3.61. The number of hydrogen-bond donors (Lipinski definition) is 0. The van der Waals surface area contributed by atoms with Gasteiger partial charge in [0.1, 0.15) is 10.3 Å². The van der Waals surface area contributed by atoms with Gasteiger partial charge in [0.15, 0.2) is 0 Å². The number of ether oxygens (including phenoxy) is 1. The average Bonchev–Trinajstić information content (AvgIpc) is 2.41. The first-order valence-electron chi connectivity index (χ1n) is 3.43. The van der Waals surface area contributed by atoms with Crippen LogP contribution in [-0.2, 0) is 23.1 Å². The highest BCUT2D eigenvalue weighted by Crippen LogP contribution is 2.60. The number of alkyl halides is 1. The molecule has 1 unspecified atom stereocenters. The molecule has 1 atom stereocenters. The quantitative estimate of drug-likeness (QED) is 0.442. The second-order valence-corrected chi connectivity index (χ2v) is 5.26. The van der Waals surface area contributed by atoms with Crippen molar-refractivity contribution in [3.8, 4) is 0 Å². The van der Waals surface area contributed by atoms with E-state index in [4.69, 9.17) is 23.2 Å². The van der Waals surface area contributed by atoms with E-state index in [1.807, 2.05) is 0 Å². The van der Waals surface area contributed by atoms with E-state index >= 15 is 0 Å². The van der Waals surface area contributed by atoms with Crippen molar-refractivity contribution in [1.82, 2.24) is 0 Å². The van der Waals surface area contributed by atoms with Crippen LogP contribution in [0.4, 0.5) is 0 Å². The third-order valence-electron chi connectivity index (χ3n) is 1.61. The van der Waals surface area contributed by atoms with Gasteiger partial charge in [0.2, 0.25) is 5.56 Å². The van der Waals surface area contributed by atoms with E-state index in [-0.39, 0.29) is 10.3 Å². The first-order chi connectivity index (χ1) is 6.46. The Balaban J connectivity index is 3.19. The Kier molecular flexibility index (Phi) is 3.61. The van der Waals surface area contributed by atoms with Gasteiger partial charge in [-0.1, -0.05) is 23.2 Å². The van der Waals surface area contributed by atoms with Crippen LogP contribution in [0, 0.1) is 0 Å². The van der Waals surface area contributed by atoms with Gasteiger partial charge in [-0.3, -0.25) is 4.57 Å². The molecule has 5 nitrogen and oxygen atoms in total. The molecular weight excluding hydrogens is 254 g/mol. The maximum Gasteiger partial charge on any atom is 0.363 e. The first-order valence-corrected chi connectivity index (χ1v) is 5.78. The van der Waals surface area contributed by atoms with Gasteiger partial charge in [-0.15, -0.1) is 0 Å². The molecule has 14 heavy (non-hydrogen) atoms. The van der Waals surface area contributed by atoms with Gasteiger partial charge in [0.25, 0.3) is 0 Å². The number of cyclic esters (lactones) is 1. The van der Waals surface area contributed by atoms with E-state index in [9.17, 15) is 9.36 Å². The topological polar surface area (TPSA) is 61.8 Å². The Morgan fingerprint density at radius 2 is 1.93 bits per heavy atom. The van der Waals surface area contributed by atoms with Crippen molar-refractivity contribution in [1.29, 1.82) is 0 Å². The number of rotatable bonds is 3. The highest BCUT2D eigenvalue weighted by Gasteiger charge is 2.44. The summed E-state index contributed by atoms with van der Waals surface area (Å²) in [4.78, 5) is 10.9. The molecule has 0 N–H and O–H groups in total. The van der Waals surface area contributed by atoms with Crippen molar-refractivity contribution in [3.63, 3.8) is 0 Å². The summed E-state index contributed by atoms with van der Waals surface area (Å²) in [5.74, 6) is -0.837. The number of carbonyl (C=O) groups is 1. The average molecular weight is 261 g/mol. The Morgan fingerprint density at radius 1 is 1.43 bits per heavy atom. The van der Waals surface area contributed by atoms with Gasteiger partial charge in [0.05, 0.1) is 0 Å². The van der Waals surface area contributed by atoms with Crippen LogP contribution < -0.4 is 0 Å². The van der Waals surface area contributed by atoms with Crippen molar-refractivity contribution in [2.45, 2.75) is 5.56 Å². The molecule has 0 fully saturated rings. The van der Waals surface area contributed by atoms with Gasteiger partial charge < -0.3 is 13.8 Å². The molecule has 0 radical (unpaired) electrons. The van der Waals surface area contributed by atoms with Crippen LogP contribution in [0.15, 0.2) is 10.3 Å². The number of hydrogen-bond acceptors (Lipinski definition) is 5. The van der Waals surface area contributed by atoms with E-state index in [0.29, 0.717) is 0 Å². The molecule has 0 saturated carbocycles. The summed E-state index contributed by atoms with van der Waals surface area (Å²) in [6.07, 6.45) is 0. The van der Waals surface area contributed by atoms with E-state index in [2.05, 4.69) is 13.8 Å². The molecule has 8 heteroatoms. The molecule has 0 aliphatic carbocycles. The molecular formula is C6H7Cl2O5P. The van der Waals surface area contributed by atoms with Gasteiger partial charge in [-0.05, 0) is 0 Å². The molecule has 0 amide bonds. The van der Waals surface area contributed by atoms with Crippen molar-refractivity contribution >= 4 is 36.8 Å². The van der Waals surface area contributed by atoms with Gasteiger partial charge in [-0.25, -0.2) is 4.79 Å². The number of esters is 1. The van der Waals surface area contributed by atoms with Crippen molar-refractivity contribution in [2.24, 2.45) is 0 Å². The van der Waals surface area contributed by atoms with Gasteiger partial charge in [0, 0.05) is 14.2 Å². The van der Waals surface area contributed by atoms with Gasteiger partial charge in [-0.2, -0.15) is 0 Å². The molecule has 0 bridgehead atoms. The van der Waals surface area contributed by atoms with E-state index in [0.717, 1.165) is 14.2 Å². The van der Waals surface area contributed by atoms with Crippen molar-refractivity contribution in [3.05, 3.63) is 10.3 Å². The highest BCUT2D eigenvalue weighted by molar-refractivity contribution is 7.59. The second kappa shape index (κ2) is 4.21. The third kappa shape index (κ3) is 1.83. The standard InChI is InChI=1S/C6H7Cl2O5P/c1-11-14(10,12-2)4-3(7)6(9)13-5(4)8/h5H,1-2H3. The largest absolute Gasteiger partial charge is 0.437 e. The number of halogens is 2. The zero-order chi connectivity index (χ0) is 10.9. The Labute approximate surface area is 90.4 Å². The van der Waals surface area contributed by atoms with Crippen LogP contribution >= 0.6 is 30.8 Å². The van der Waals surface area contributed by atoms with Crippen LogP contribution in [0.25, 0.3) is 0 Å². The normalized spacial score (nSPS) is 22.9. The van der Waals surface area contributed by atoms with E-state index < -0.39 is 19.1 Å². The zero-order valence-corrected chi connectivity index (χ0v) is 9.73. The monoisotopic (exact) mass is 260 g/mol. The first kappa shape index (κ1) is 12.0. The fourth-order valence-electron chi connectivity index (χ4n) is 0.921.